The van der Waals surface area contributed by atoms with E-state index in [2.05, 4.69) is 20.3 Å². The first-order chi connectivity index (χ1) is 13.7. The monoisotopic (exact) mass is 382 g/mol. The molecule has 2 atom stereocenters. The van der Waals surface area contributed by atoms with E-state index >= 15 is 0 Å². The van der Waals surface area contributed by atoms with Crippen molar-refractivity contribution in [1.29, 1.82) is 0 Å². The number of hydrogen-bond acceptors (Lipinski definition) is 6. The molecule has 2 N–H and O–H groups in total. The molecule has 4 heterocycles. The van der Waals surface area contributed by atoms with Crippen molar-refractivity contribution in [2.75, 3.05) is 25.0 Å². The first-order valence-corrected chi connectivity index (χ1v) is 9.26. The molecule has 3 aromatic rings. The summed E-state index contributed by atoms with van der Waals surface area (Å²) in [6.07, 6.45) is 6.64. The highest BCUT2D eigenvalue weighted by atomic mass is 16.5. The summed E-state index contributed by atoms with van der Waals surface area (Å²) in [6.45, 7) is 3.31. The Morgan fingerprint density at radius 3 is 3.07 bits per heavy atom. The second-order valence-electron chi connectivity index (χ2n) is 6.62. The molecule has 146 valence electrons. The highest BCUT2D eigenvalue weighted by molar-refractivity contribution is 5.65. The minimum atomic E-state index is -0.924. The van der Waals surface area contributed by atoms with E-state index in [1.165, 1.54) is 4.90 Å². The summed E-state index contributed by atoms with van der Waals surface area (Å²) in [6, 6.07) is 5.59. The van der Waals surface area contributed by atoms with E-state index in [9.17, 15) is 9.90 Å². The third-order valence-corrected chi connectivity index (χ3v) is 4.85. The number of nitrogens with one attached hydrogen (secondary N) is 1. The summed E-state index contributed by atoms with van der Waals surface area (Å²) >= 11 is 0. The predicted molar refractivity (Wildman–Crippen MR) is 103 cm³/mol. The standard InChI is InChI=1S/C19H22N6O3/c1-2-28-16-6-8-24(19(26)27)12-14(16)23-17-11-20-9-13(22-17)15-10-21-18-5-3-4-7-25(15)18/h3-5,7,9-11,14,16H,2,6,8,12H2,1H3,(H,22,23)(H,26,27)/t14-,16-/m0/s1. The number of piperidine rings is 1. The zero-order chi connectivity index (χ0) is 19.5. The molecule has 28 heavy (non-hydrogen) atoms. The fourth-order valence-corrected chi connectivity index (χ4v) is 3.53. The van der Waals surface area contributed by atoms with Gasteiger partial charge in [0.1, 0.15) is 17.2 Å². The molecule has 0 aliphatic carbocycles. The van der Waals surface area contributed by atoms with Crippen LogP contribution in [0.5, 0.6) is 0 Å². The summed E-state index contributed by atoms with van der Waals surface area (Å²) in [7, 11) is 0. The van der Waals surface area contributed by atoms with Gasteiger partial charge in [-0.05, 0) is 25.5 Å². The van der Waals surface area contributed by atoms with Gasteiger partial charge in [-0.15, -0.1) is 0 Å². The summed E-state index contributed by atoms with van der Waals surface area (Å²) in [5, 5.41) is 12.6. The van der Waals surface area contributed by atoms with Gasteiger partial charge < -0.3 is 20.1 Å². The minimum Gasteiger partial charge on any atom is -0.465 e. The summed E-state index contributed by atoms with van der Waals surface area (Å²) in [5.74, 6) is 0.574. The first kappa shape index (κ1) is 18.2. The van der Waals surface area contributed by atoms with Gasteiger partial charge in [-0.2, -0.15) is 0 Å². The Kier molecular flexibility index (Phi) is 5.07. The predicted octanol–water partition coefficient (Wildman–Crippen LogP) is 2.36. The molecule has 9 nitrogen and oxygen atoms in total. The van der Waals surface area contributed by atoms with Crippen LogP contribution in [0.1, 0.15) is 13.3 Å². The second-order valence-corrected chi connectivity index (χ2v) is 6.62. The Bertz CT molecular complexity index is 975. The fourth-order valence-electron chi connectivity index (χ4n) is 3.53. The van der Waals surface area contributed by atoms with Gasteiger partial charge >= 0.3 is 6.09 Å². The molecule has 0 radical (unpaired) electrons. The van der Waals surface area contributed by atoms with Gasteiger partial charge in [-0.25, -0.2) is 14.8 Å². The number of hydrogen-bond donors (Lipinski definition) is 2. The third-order valence-electron chi connectivity index (χ3n) is 4.85. The molecular weight excluding hydrogens is 360 g/mol. The molecular formula is C19H22N6O3. The summed E-state index contributed by atoms with van der Waals surface area (Å²) in [4.78, 5) is 26.1. The summed E-state index contributed by atoms with van der Waals surface area (Å²) in [5.41, 5.74) is 2.35. The van der Waals surface area contributed by atoms with Crippen LogP contribution in [0.25, 0.3) is 17.0 Å². The molecule has 1 fully saturated rings. The molecule has 9 heteroatoms. The smallest absolute Gasteiger partial charge is 0.407 e. The van der Waals surface area contributed by atoms with Crippen molar-refractivity contribution in [2.24, 2.45) is 0 Å². The van der Waals surface area contributed by atoms with Crippen LogP contribution in [0, 0.1) is 0 Å². The van der Waals surface area contributed by atoms with Gasteiger partial charge in [0, 0.05) is 25.9 Å². The van der Waals surface area contributed by atoms with E-state index in [0.717, 1.165) is 11.3 Å². The van der Waals surface area contributed by atoms with Crippen molar-refractivity contribution in [2.45, 2.75) is 25.5 Å². The number of anilines is 1. The van der Waals surface area contributed by atoms with Crippen molar-refractivity contribution in [3.63, 3.8) is 0 Å². The molecule has 0 bridgehead atoms. The lowest BCUT2D eigenvalue weighted by Crippen LogP contribution is -2.53. The van der Waals surface area contributed by atoms with Crippen LogP contribution >= 0.6 is 0 Å². The Morgan fingerprint density at radius 2 is 2.25 bits per heavy atom. The highest BCUT2D eigenvalue weighted by Crippen LogP contribution is 2.22. The maximum atomic E-state index is 11.4. The first-order valence-electron chi connectivity index (χ1n) is 9.26. The number of rotatable bonds is 5. The Morgan fingerprint density at radius 1 is 1.36 bits per heavy atom. The summed E-state index contributed by atoms with van der Waals surface area (Å²) < 4.78 is 7.76. The average Bonchev–Trinajstić information content (AvgIpc) is 3.14. The zero-order valence-corrected chi connectivity index (χ0v) is 15.5. The van der Waals surface area contributed by atoms with Gasteiger partial charge in [-0.3, -0.25) is 9.38 Å². The number of nitrogens with zero attached hydrogens (tertiary/aromatic N) is 5. The number of fused-ring (bicyclic) bond motifs is 1. The van der Waals surface area contributed by atoms with E-state index in [1.807, 2.05) is 35.7 Å². The topological polar surface area (TPSA) is 105 Å². The maximum absolute atomic E-state index is 11.4. The van der Waals surface area contributed by atoms with Crippen LogP contribution in [0.2, 0.25) is 0 Å². The molecule has 1 aliphatic heterocycles. The van der Waals surface area contributed by atoms with Crippen LogP contribution in [0.15, 0.2) is 43.0 Å². The van der Waals surface area contributed by atoms with Gasteiger partial charge in [-0.1, -0.05) is 6.07 Å². The van der Waals surface area contributed by atoms with E-state index < -0.39 is 6.09 Å². The van der Waals surface area contributed by atoms with Crippen LogP contribution in [0.3, 0.4) is 0 Å². The van der Waals surface area contributed by atoms with Crippen molar-refractivity contribution in [1.82, 2.24) is 24.3 Å². The molecule has 3 aromatic heterocycles. The largest absolute Gasteiger partial charge is 0.465 e. The Hall–Kier alpha value is -3.20. The molecule has 1 amide bonds. The number of carboxylic acid groups (broad SMARTS) is 1. The van der Waals surface area contributed by atoms with Crippen LogP contribution in [-0.4, -0.2) is 67.3 Å². The van der Waals surface area contributed by atoms with Gasteiger partial charge in [0.05, 0.1) is 36.4 Å². The van der Waals surface area contributed by atoms with Crippen molar-refractivity contribution < 1.29 is 14.6 Å². The SMILES string of the molecule is CCO[C@H]1CCN(C(=O)O)C[C@@H]1Nc1cncc(-c2cnc3ccccn23)n1. The maximum Gasteiger partial charge on any atom is 0.407 e. The highest BCUT2D eigenvalue weighted by Gasteiger charge is 2.32. The lowest BCUT2D eigenvalue weighted by Gasteiger charge is -2.37. The van der Waals surface area contributed by atoms with Gasteiger partial charge in [0.2, 0.25) is 0 Å². The average molecular weight is 382 g/mol. The number of amides is 1. The van der Waals surface area contributed by atoms with Crippen molar-refractivity contribution in [3.8, 4) is 11.4 Å². The molecule has 1 aliphatic rings. The van der Waals surface area contributed by atoms with E-state index in [4.69, 9.17) is 4.74 Å². The van der Waals surface area contributed by atoms with Crippen molar-refractivity contribution >= 4 is 17.6 Å². The normalized spacial score (nSPS) is 19.7. The molecule has 1 saturated heterocycles. The van der Waals surface area contributed by atoms with Crippen LogP contribution in [-0.2, 0) is 4.74 Å². The molecule has 4 rings (SSSR count). The molecule has 0 spiro atoms. The van der Waals surface area contributed by atoms with Crippen LogP contribution in [0.4, 0.5) is 10.6 Å². The Labute approximate surface area is 162 Å². The molecule has 0 saturated carbocycles. The minimum absolute atomic E-state index is 0.0816. The van der Waals surface area contributed by atoms with E-state index in [0.29, 0.717) is 37.6 Å². The second kappa shape index (κ2) is 7.81. The fraction of sp³-hybridized carbons (Fsp3) is 0.368. The number of ether oxygens (including phenoxy) is 1. The van der Waals surface area contributed by atoms with Crippen molar-refractivity contribution in [3.05, 3.63) is 43.0 Å². The number of carbonyl (C=O) groups is 1. The molecule has 0 aromatic carbocycles. The zero-order valence-electron chi connectivity index (χ0n) is 15.5. The van der Waals surface area contributed by atoms with Crippen LogP contribution < -0.4 is 5.32 Å². The Balaban J connectivity index is 1.59. The lowest BCUT2D eigenvalue weighted by atomic mass is 10.0. The number of pyridine rings is 1. The number of aromatic nitrogens is 4. The molecule has 0 unspecified atom stereocenters. The number of likely N-dealkylation sites (tertiary alicyclic amines) is 1. The van der Waals surface area contributed by atoms with Gasteiger partial charge in [0.25, 0.3) is 0 Å². The van der Waals surface area contributed by atoms with Gasteiger partial charge in [0.15, 0.2) is 0 Å². The van der Waals surface area contributed by atoms with E-state index in [-0.39, 0.29) is 12.1 Å². The lowest BCUT2D eigenvalue weighted by molar-refractivity contribution is 0.00791. The quantitative estimate of drug-likeness (QED) is 0.698. The third kappa shape index (κ3) is 3.61. The van der Waals surface area contributed by atoms with E-state index in [1.54, 1.807) is 18.6 Å². The number of imidazole rings is 1.